The standard InChI is InChI=1S/C18H40N2O10/c21-9-13(25)17(29)15(27)11(23)7-19-5-3-1-2-4-6-20-8-12(24)16(28)18(30)14(26)10-22/h11-30H,1-10H2/t11-,12+,13-,14-,15-,16-,17-,18-/m1/s1. The van der Waals surface area contributed by atoms with Gasteiger partial charge >= 0.3 is 0 Å². The number of aliphatic hydroxyl groups excluding tert-OH is 10. The van der Waals surface area contributed by atoms with Crippen LogP contribution in [0.5, 0.6) is 0 Å². The Morgan fingerprint density at radius 2 is 0.733 bits per heavy atom. The summed E-state index contributed by atoms with van der Waals surface area (Å²) in [6.07, 6.45) is -8.68. The Morgan fingerprint density at radius 3 is 1.03 bits per heavy atom. The number of hydrogen-bond acceptors (Lipinski definition) is 12. The van der Waals surface area contributed by atoms with E-state index in [2.05, 4.69) is 10.6 Å². The Bertz CT molecular complexity index is 373. The SMILES string of the molecule is OC[C@@H](O)[C@@H](O)[C@H](O)[C@H](O)CNCCCCCCNC[C@H](O)[C@@H](O)[C@H](O)[C@H](O)CO. The fraction of sp³-hybridized carbons (Fsp3) is 1.00. The summed E-state index contributed by atoms with van der Waals surface area (Å²) < 4.78 is 0. The fourth-order valence-corrected chi connectivity index (χ4v) is 2.72. The summed E-state index contributed by atoms with van der Waals surface area (Å²) in [4.78, 5) is 0. The number of rotatable bonds is 19. The van der Waals surface area contributed by atoms with E-state index in [-0.39, 0.29) is 13.1 Å². The second-order valence-corrected chi connectivity index (χ2v) is 7.42. The molecule has 8 atom stereocenters. The summed E-state index contributed by atoms with van der Waals surface area (Å²) in [6, 6.07) is 0. The van der Waals surface area contributed by atoms with Crippen LogP contribution in [0.4, 0.5) is 0 Å². The van der Waals surface area contributed by atoms with Gasteiger partial charge in [-0.15, -0.1) is 0 Å². The molecule has 0 aromatic heterocycles. The molecule has 12 heteroatoms. The minimum atomic E-state index is -1.64. The van der Waals surface area contributed by atoms with Crippen LogP contribution in [0.3, 0.4) is 0 Å². The highest BCUT2D eigenvalue weighted by Crippen LogP contribution is 2.06. The lowest BCUT2D eigenvalue weighted by molar-refractivity contribution is -0.113. The van der Waals surface area contributed by atoms with E-state index < -0.39 is 62.0 Å². The highest BCUT2D eigenvalue weighted by Gasteiger charge is 2.30. The van der Waals surface area contributed by atoms with Crippen molar-refractivity contribution >= 4 is 0 Å². The first-order valence-electron chi connectivity index (χ1n) is 10.2. The van der Waals surface area contributed by atoms with E-state index in [4.69, 9.17) is 10.2 Å². The van der Waals surface area contributed by atoms with E-state index in [0.717, 1.165) is 25.7 Å². The first-order valence-corrected chi connectivity index (χ1v) is 10.2. The van der Waals surface area contributed by atoms with Crippen molar-refractivity contribution in [2.75, 3.05) is 39.4 Å². The van der Waals surface area contributed by atoms with Gasteiger partial charge in [0, 0.05) is 13.1 Å². The zero-order valence-electron chi connectivity index (χ0n) is 17.2. The molecule has 12 N–H and O–H groups in total. The second kappa shape index (κ2) is 17.1. The van der Waals surface area contributed by atoms with Crippen molar-refractivity contribution in [1.82, 2.24) is 10.6 Å². The Hall–Kier alpha value is -0.480. The van der Waals surface area contributed by atoms with Crippen molar-refractivity contribution in [3.8, 4) is 0 Å². The zero-order chi connectivity index (χ0) is 23.1. The van der Waals surface area contributed by atoms with Gasteiger partial charge in [-0.1, -0.05) is 12.8 Å². The smallest absolute Gasteiger partial charge is 0.111 e. The van der Waals surface area contributed by atoms with Crippen LogP contribution in [0.15, 0.2) is 0 Å². The maximum Gasteiger partial charge on any atom is 0.111 e. The second-order valence-electron chi connectivity index (χ2n) is 7.42. The van der Waals surface area contributed by atoms with Crippen LogP contribution in [0.25, 0.3) is 0 Å². The molecule has 0 aliphatic rings. The fourth-order valence-electron chi connectivity index (χ4n) is 2.72. The molecule has 0 aliphatic carbocycles. The predicted molar refractivity (Wildman–Crippen MR) is 106 cm³/mol. The van der Waals surface area contributed by atoms with Gasteiger partial charge in [0.25, 0.3) is 0 Å². The number of hydrogen-bond donors (Lipinski definition) is 12. The molecule has 182 valence electrons. The lowest BCUT2D eigenvalue weighted by Gasteiger charge is -2.25. The average Bonchev–Trinajstić information content (AvgIpc) is 2.76. The van der Waals surface area contributed by atoms with Crippen LogP contribution in [0, 0.1) is 0 Å². The van der Waals surface area contributed by atoms with Crippen LogP contribution >= 0.6 is 0 Å². The summed E-state index contributed by atoms with van der Waals surface area (Å²) in [5, 5.41) is 99.6. The van der Waals surface area contributed by atoms with E-state index >= 15 is 0 Å². The van der Waals surface area contributed by atoms with Crippen molar-refractivity contribution in [2.45, 2.75) is 74.5 Å². The van der Waals surface area contributed by atoms with Crippen LogP contribution < -0.4 is 10.6 Å². The molecule has 0 heterocycles. The summed E-state index contributed by atoms with van der Waals surface area (Å²) in [5.41, 5.74) is 0. The van der Waals surface area contributed by atoms with Gasteiger partial charge in [-0.2, -0.15) is 0 Å². The molecule has 12 nitrogen and oxygen atoms in total. The first-order chi connectivity index (χ1) is 14.2. The van der Waals surface area contributed by atoms with Gasteiger partial charge in [-0.25, -0.2) is 0 Å². The highest BCUT2D eigenvalue weighted by atomic mass is 16.4. The van der Waals surface area contributed by atoms with Gasteiger partial charge in [-0.05, 0) is 25.9 Å². The Morgan fingerprint density at radius 1 is 0.433 bits per heavy atom. The molecule has 0 aliphatic heterocycles. The monoisotopic (exact) mass is 444 g/mol. The third-order valence-electron chi connectivity index (χ3n) is 4.81. The number of nitrogens with one attached hydrogen (secondary N) is 2. The lowest BCUT2D eigenvalue weighted by Crippen LogP contribution is -2.49. The van der Waals surface area contributed by atoms with E-state index in [9.17, 15) is 40.9 Å². The molecule has 30 heavy (non-hydrogen) atoms. The Labute approximate surface area is 176 Å². The third-order valence-corrected chi connectivity index (χ3v) is 4.81. The number of aliphatic hydroxyl groups is 10. The molecule has 0 aromatic carbocycles. The maximum absolute atomic E-state index is 9.74. The zero-order valence-corrected chi connectivity index (χ0v) is 17.2. The molecule has 0 rings (SSSR count). The minimum absolute atomic E-state index is 0.0228. The molecular formula is C18H40N2O10. The van der Waals surface area contributed by atoms with E-state index in [1.54, 1.807) is 0 Å². The summed E-state index contributed by atoms with van der Waals surface area (Å²) in [6.45, 7) is -0.245. The first kappa shape index (κ1) is 29.5. The van der Waals surface area contributed by atoms with Gasteiger partial charge in [0.1, 0.15) is 36.6 Å². The molecular weight excluding hydrogens is 404 g/mol. The highest BCUT2D eigenvalue weighted by molar-refractivity contribution is 4.82. The third kappa shape index (κ3) is 11.8. The molecule has 0 fully saturated rings. The van der Waals surface area contributed by atoms with Crippen molar-refractivity contribution in [1.29, 1.82) is 0 Å². The van der Waals surface area contributed by atoms with Crippen molar-refractivity contribution in [3.63, 3.8) is 0 Å². The van der Waals surface area contributed by atoms with Crippen LogP contribution in [0.1, 0.15) is 25.7 Å². The Balaban J connectivity index is 3.68. The van der Waals surface area contributed by atoms with Crippen molar-refractivity contribution < 1.29 is 51.1 Å². The molecule has 0 spiro atoms. The Kier molecular flexibility index (Phi) is 16.8. The van der Waals surface area contributed by atoms with Crippen LogP contribution in [-0.4, -0.2) is 139 Å². The van der Waals surface area contributed by atoms with Gasteiger partial charge in [0.2, 0.25) is 0 Å². The summed E-state index contributed by atoms with van der Waals surface area (Å²) in [5.74, 6) is 0. The van der Waals surface area contributed by atoms with Crippen molar-refractivity contribution in [2.24, 2.45) is 0 Å². The molecule has 0 amide bonds. The van der Waals surface area contributed by atoms with E-state index in [1.807, 2.05) is 0 Å². The average molecular weight is 445 g/mol. The van der Waals surface area contributed by atoms with E-state index in [1.165, 1.54) is 0 Å². The molecule has 0 unspecified atom stereocenters. The number of unbranched alkanes of at least 4 members (excludes halogenated alkanes) is 3. The largest absolute Gasteiger partial charge is 0.394 e. The summed E-state index contributed by atoms with van der Waals surface area (Å²) in [7, 11) is 0. The molecule has 0 bridgehead atoms. The van der Waals surface area contributed by atoms with Gasteiger partial charge in [-0.3, -0.25) is 0 Å². The topological polar surface area (TPSA) is 226 Å². The lowest BCUT2D eigenvalue weighted by atomic mass is 10.0. The van der Waals surface area contributed by atoms with E-state index in [0.29, 0.717) is 13.1 Å². The maximum atomic E-state index is 9.74. The normalized spacial score (nSPS) is 20.2. The van der Waals surface area contributed by atoms with Gasteiger partial charge in [0.15, 0.2) is 0 Å². The summed E-state index contributed by atoms with van der Waals surface area (Å²) >= 11 is 0. The minimum Gasteiger partial charge on any atom is -0.394 e. The van der Waals surface area contributed by atoms with Gasteiger partial charge in [0.05, 0.1) is 25.4 Å². The van der Waals surface area contributed by atoms with Crippen molar-refractivity contribution in [3.05, 3.63) is 0 Å². The van der Waals surface area contributed by atoms with Gasteiger partial charge < -0.3 is 61.7 Å². The molecule has 0 radical (unpaired) electrons. The quantitative estimate of drug-likeness (QED) is 0.0838. The van der Waals surface area contributed by atoms with Crippen LogP contribution in [0.2, 0.25) is 0 Å². The molecule has 0 saturated heterocycles. The molecule has 0 saturated carbocycles. The van der Waals surface area contributed by atoms with Crippen LogP contribution in [-0.2, 0) is 0 Å². The molecule has 0 aromatic rings. The predicted octanol–water partition coefficient (Wildman–Crippen LogP) is -5.40.